The minimum Gasteiger partial charge on any atom is -0.310 e. The SMILES string of the molecule is CCNC(CCc1ccccc1)c1ccc(C)nc1C. The molecule has 0 saturated carbocycles. The Bertz CT molecular complexity index is 534. The molecule has 0 fully saturated rings. The Balaban J connectivity index is 2.10. The predicted molar refractivity (Wildman–Crippen MR) is 84.9 cm³/mol. The largest absolute Gasteiger partial charge is 0.310 e. The van der Waals surface area contributed by atoms with Crippen LogP contribution in [0.1, 0.15) is 41.9 Å². The first-order chi connectivity index (χ1) is 9.70. The average Bonchev–Trinajstić information content (AvgIpc) is 2.45. The van der Waals surface area contributed by atoms with Gasteiger partial charge in [0, 0.05) is 17.4 Å². The summed E-state index contributed by atoms with van der Waals surface area (Å²) in [5, 5.41) is 3.59. The molecular formula is C18H24N2. The zero-order valence-corrected chi connectivity index (χ0v) is 12.7. The van der Waals surface area contributed by atoms with Crippen molar-refractivity contribution in [3.63, 3.8) is 0 Å². The van der Waals surface area contributed by atoms with Gasteiger partial charge in [0.1, 0.15) is 0 Å². The second kappa shape index (κ2) is 7.20. The topological polar surface area (TPSA) is 24.9 Å². The molecule has 2 rings (SSSR count). The first kappa shape index (κ1) is 14.7. The summed E-state index contributed by atoms with van der Waals surface area (Å²) in [6.07, 6.45) is 2.19. The fraction of sp³-hybridized carbons (Fsp3) is 0.389. The van der Waals surface area contributed by atoms with E-state index in [1.165, 1.54) is 11.1 Å². The van der Waals surface area contributed by atoms with Gasteiger partial charge in [0.2, 0.25) is 0 Å². The van der Waals surface area contributed by atoms with Crippen molar-refractivity contribution in [2.45, 2.75) is 39.7 Å². The van der Waals surface area contributed by atoms with Crippen LogP contribution >= 0.6 is 0 Å². The minimum absolute atomic E-state index is 0.383. The standard InChI is InChI=1S/C18H24N2/c1-4-19-18(13-11-16-8-6-5-7-9-16)17-12-10-14(2)20-15(17)3/h5-10,12,18-19H,4,11,13H2,1-3H3. The molecule has 1 aromatic heterocycles. The Labute approximate surface area is 122 Å². The fourth-order valence-electron chi connectivity index (χ4n) is 2.64. The number of benzene rings is 1. The number of aryl methyl sites for hydroxylation is 3. The van der Waals surface area contributed by atoms with Gasteiger partial charge in [-0.3, -0.25) is 4.98 Å². The van der Waals surface area contributed by atoms with E-state index in [0.717, 1.165) is 30.8 Å². The van der Waals surface area contributed by atoms with Gasteiger partial charge in [-0.25, -0.2) is 0 Å². The van der Waals surface area contributed by atoms with Gasteiger partial charge in [-0.2, -0.15) is 0 Å². The summed E-state index contributed by atoms with van der Waals surface area (Å²) in [6, 6.07) is 15.4. The number of nitrogens with zero attached hydrogens (tertiary/aromatic N) is 1. The first-order valence-corrected chi connectivity index (χ1v) is 7.42. The average molecular weight is 268 g/mol. The summed E-state index contributed by atoms with van der Waals surface area (Å²) in [6.45, 7) is 7.29. The maximum absolute atomic E-state index is 4.59. The van der Waals surface area contributed by atoms with Gasteiger partial charge in [-0.15, -0.1) is 0 Å². The Morgan fingerprint density at radius 3 is 2.45 bits per heavy atom. The molecule has 1 N–H and O–H groups in total. The normalized spacial score (nSPS) is 12.3. The van der Waals surface area contributed by atoms with E-state index in [9.17, 15) is 0 Å². The Hall–Kier alpha value is -1.67. The van der Waals surface area contributed by atoms with Crippen LogP contribution in [-0.4, -0.2) is 11.5 Å². The van der Waals surface area contributed by atoms with Crippen LogP contribution in [0.25, 0.3) is 0 Å². The number of rotatable bonds is 6. The molecule has 1 unspecified atom stereocenters. The third kappa shape index (κ3) is 3.91. The van der Waals surface area contributed by atoms with Crippen molar-refractivity contribution in [3.8, 4) is 0 Å². The minimum atomic E-state index is 0.383. The number of aromatic nitrogens is 1. The van der Waals surface area contributed by atoms with Crippen LogP contribution in [0.15, 0.2) is 42.5 Å². The van der Waals surface area contributed by atoms with Crippen LogP contribution in [0, 0.1) is 13.8 Å². The van der Waals surface area contributed by atoms with E-state index in [-0.39, 0.29) is 0 Å². The Morgan fingerprint density at radius 1 is 1.05 bits per heavy atom. The van der Waals surface area contributed by atoms with Crippen molar-refractivity contribution >= 4 is 0 Å². The van der Waals surface area contributed by atoms with Crippen molar-refractivity contribution in [3.05, 3.63) is 65.0 Å². The van der Waals surface area contributed by atoms with Crippen LogP contribution in [0.5, 0.6) is 0 Å². The molecule has 0 aliphatic rings. The van der Waals surface area contributed by atoms with Crippen molar-refractivity contribution < 1.29 is 0 Å². The van der Waals surface area contributed by atoms with E-state index in [1.807, 2.05) is 6.92 Å². The summed E-state index contributed by atoms with van der Waals surface area (Å²) < 4.78 is 0. The second-order valence-electron chi connectivity index (χ2n) is 5.26. The molecule has 0 bridgehead atoms. The van der Waals surface area contributed by atoms with Crippen molar-refractivity contribution in [1.82, 2.24) is 10.3 Å². The summed E-state index contributed by atoms with van der Waals surface area (Å²) in [5.41, 5.74) is 4.95. The van der Waals surface area contributed by atoms with E-state index in [1.54, 1.807) is 0 Å². The van der Waals surface area contributed by atoms with Crippen molar-refractivity contribution in [2.24, 2.45) is 0 Å². The highest BCUT2D eigenvalue weighted by Crippen LogP contribution is 2.22. The van der Waals surface area contributed by atoms with Crippen LogP contribution < -0.4 is 5.32 Å². The second-order valence-corrected chi connectivity index (χ2v) is 5.26. The molecule has 0 spiro atoms. The lowest BCUT2D eigenvalue weighted by molar-refractivity contribution is 0.511. The van der Waals surface area contributed by atoms with Crippen LogP contribution in [-0.2, 0) is 6.42 Å². The van der Waals surface area contributed by atoms with Gasteiger partial charge in [0.05, 0.1) is 0 Å². The molecule has 0 radical (unpaired) electrons. The molecule has 0 saturated heterocycles. The van der Waals surface area contributed by atoms with Gasteiger partial charge in [-0.05, 0) is 50.4 Å². The van der Waals surface area contributed by atoms with Crippen LogP contribution in [0.3, 0.4) is 0 Å². The van der Waals surface area contributed by atoms with Crippen LogP contribution in [0.4, 0.5) is 0 Å². The highest BCUT2D eigenvalue weighted by Gasteiger charge is 2.13. The molecule has 1 heterocycles. The maximum Gasteiger partial charge on any atom is 0.0423 e. The fourth-order valence-corrected chi connectivity index (χ4v) is 2.64. The lowest BCUT2D eigenvalue weighted by Gasteiger charge is -2.20. The van der Waals surface area contributed by atoms with Crippen molar-refractivity contribution in [1.29, 1.82) is 0 Å². The van der Waals surface area contributed by atoms with Gasteiger partial charge < -0.3 is 5.32 Å². The maximum atomic E-state index is 4.59. The Morgan fingerprint density at radius 2 is 1.80 bits per heavy atom. The molecule has 0 aliphatic heterocycles. The van der Waals surface area contributed by atoms with E-state index in [4.69, 9.17) is 0 Å². The molecule has 0 amide bonds. The molecule has 20 heavy (non-hydrogen) atoms. The summed E-state index contributed by atoms with van der Waals surface area (Å²) in [7, 11) is 0. The summed E-state index contributed by atoms with van der Waals surface area (Å²) in [5.74, 6) is 0. The lowest BCUT2D eigenvalue weighted by Crippen LogP contribution is -2.22. The third-order valence-corrected chi connectivity index (χ3v) is 3.66. The highest BCUT2D eigenvalue weighted by atomic mass is 14.9. The van der Waals surface area contributed by atoms with E-state index < -0.39 is 0 Å². The number of hydrogen-bond donors (Lipinski definition) is 1. The van der Waals surface area contributed by atoms with Crippen molar-refractivity contribution in [2.75, 3.05) is 6.54 Å². The van der Waals surface area contributed by atoms with Gasteiger partial charge in [0.15, 0.2) is 0 Å². The molecule has 2 aromatic rings. The van der Waals surface area contributed by atoms with Gasteiger partial charge in [0.25, 0.3) is 0 Å². The third-order valence-electron chi connectivity index (χ3n) is 3.66. The van der Waals surface area contributed by atoms with Crippen LogP contribution in [0.2, 0.25) is 0 Å². The van der Waals surface area contributed by atoms with E-state index in [2.05, 4.69) is 66.6 Å². The van der Waals surface area contributed by atoms with E-state index >= 15 is 0 Å². The first-order valence-electron chi connectivity index (χ1n) is 7.42. The van der Waals surface area contributed by atoms with Gasteiger partial charge in [-0.1, -0.05) is 43.3 Å². The molecule has 1 atom stereocenters. The number of hydrogen-bond acceptors (Lipinski definition) is 2. The predicted octanol–water partition coefficient (Wildman–Crippen LogP) is 3.98. The quantitative estimate of drug-likeness (QED) is 0.857. The molecule has 106 valence electrons. The molecule has 1 aromatic carbocycles. The molecule has 0 aliphatic carbocycles. The van der Waals surface area contributed by atoms with Gasteiger partial charge >= 0.3 is 0 Å². The Kier molecular flexibility index (Phi) is 5.31. The molecule has 2 nitrogen and oxygen atoms in total. The zero-order valence-electron chi connectivity index (χ0n) is 12.7. The number of nitrogens with one attached hydrogen (secondary N) is 1. The molecular weight excluding hydrogens is 244 g/mol. The number of pyridine rings is 1. The zero-order chi connectivity index (χ0) is 14.4. The monoisotopic (exact) mass is 268 g/mol. The molecule has 2 heteroatoms. The smallest absolute Gasteiger partial charge is 0.0423 e. The van der Waals surface area contributed by atoms with E-state index in [0.29, 0.717) is 6.04 Å². The highest BCUT2D eigenvalue weighted by molar-refractivity contribution is 5.26. The summed E-state index contributed by atoms with van der Waals surface area (Å²) >= 11 is 0. The lowest BCUT2D eigenvalue weighted by atomic mass is 9.97. The summed E-state index contributed by atoms with van der Waals surface area (Å²) in [4.78, 5) is 4.59.